The van der Waals surface area contributed by atoms with Crippen LogP contribution in [0, 0.1) is 0 Å². The molecule has 0 saturated carbocycles. The summed E-state index contributed by atoms with van der Waals surface area (Å²) in [4.78, 5) is 61.9. The van der Waals surface area contributed by atoms with Crippen LogP contribution in [0.15, 0.2) is 82.8 Å². The van der Waals surface area contributed by atoms with Gasteiger partial charge in [0.2, 0.25) is 0 Å². The number of halogens is 6. The van der Waals surface area contributed by atoms with Crippen LogP contribution in [0.1, 0.15) is 52.8 Å². The lowest BCUT2D eigenvalue weighted by molar-refractivity contribution is -0.138. The van der Waals surface area contributed by atoms with E-state index in [9.17, 15) is 45.5 Å². The maximum absolute atomic E-state index is 14.3. The summed E-state index contributed by atoms with van der Waals surface area (Å²) < 4.78 is 107. The fourth-order valence-electron chi connectivity index (χ4n) is 5.91. The van der Waals surface area contributed by atoms with Crippen molar-refractivity contribution in [2.75, 3.05) is 74.3 Å². The summed E-state index contributed by atoms with van der Waals surface area (Å²) in [6.45, 7) is 0.0766. The van der Waals surface area contributed by atoms with Crippen molar-refractivity contribution in [1.29, 1.82) is 0 Å². The molecule has 0 spiro atoms. The maximum Gasteiger partial charge on any atom is 0.416 e. The molecule has 0 unspecified atom stereocenters. The molecule has 0 atom stereocenters. The van der Waals surface area contributed by atoms with E-state index in [2.05, 4.69) is 31.2 Å². The molecule has 5 aromatic rings. The van der Waals surface area contributed by atoms with Crippen LogP contribution in [0.25, 0.3) is 0 Å². The van der Waals surface area contributed by atoms with Gasteiger partial charge in [0, 0.05) is 41.8 Å². The minimum Gasteiger partial charge on any atom is -0.493 e. The van der Waals surface area contributed by atoms with Gasteiger partial charge in [0.15, 0.2) is 23.0 Å². The van der Waals surface area contributed by atoms with Crippen LogP contribution < -0.4 is 51.7 Å². The second-order valence-corrected chi connectivity index (χ2v) is 15.5. The fourth-order valence-corrected chi connectivity index (χ4v) is 7.62. The lowest BCUT2D eigenvalue weighted by atomic mass is 10.1. The number of nitrogens with zero attached hydrogens (tertiary/aromatic N) is 2. The first-order chi connectivity index (χ1) is 31.3. The second kappa shape index (κ2) is 21.9. The second-order valence-electron chi connectivity index (χ2n) is 13.3. The molecule has 8 N–H and O–H groups in total. The van der Waals surface area contributed by atoms with Crippen LogP contribution in [-0.4, -0.2) is 86.6 Å². The van der Waals surface area contributed by atoms with Crippen molar-refractivity contribution in [2.24, 2.45) is 11.5 Å². The van der Waals surface area contributed by atoms with Gasteiger partial charge < -0.3 is 51.7 Å². The Bertz CT molecular complexity index is 2450. The summed E-state index contributed by atoms with van der Waals surface area (Å²) in [5, 5.41) is 9.63. The molecular formula is C42H40F6N8O8S2. The van der Waals surface area contributed by atoms with Gasteiger partial charge in [-0.25, -0.2) is 9.97 Å². The average Bonchev–Trinajstić information content (AvgIpc) is 3.29. The highest BCUT2D eigenvalue weighted by Gasteiger charge is 2.35. The van der Waals surface area contributed by atoms with E-state index in [4.69, 9.17) is 30.4 Å². The summed E-state index contributed by atoms with van der Waals surface area (Å²) in [7, 11) is 5.40. The van der Waals surface area contributed by atoms with E-state index in [0.717, 1.165) is 35.9 Å². The van der Waals surface area contributed by atoms with E-state index < -0.39 is 69.9 Å². The third-order valence-electron chi connectivity index (χ3n) is 8.98. The third-order valence-corrected chi connectivity index (χ3v) is 11.3. The van der Waals surface area contributed by atoms with Gasteiger partial charge in [-0.05, 0) is 60.7 Å². The molecule has 350 valence electrons. The predicted molar refractivity (Wildman–Crippen MR) is 235 cm³/mol. The van der Waals surface area contributed by atoms with Crippen molar-refractivity contribution in [1.82, 2.24) is 9.97 Å². The van der Waals surface area contributed by atoms with E-state index in [1.54, 1.807) is 0 Å². The Morgan fingerprint density at radius 2 is 0.848 bits per heavy atom. The predicted octanol–water partition coefficient (Wildman–Crippen LogP) is 7.66. The molecule has 0 radical (unpaired) electrons. The minimum absolute atomic E-state index is 0.0111. The van der Waals surface area contributed by atoms with E-state index in [1.807, 2.05) is 0 Å². The molecule has 0 aliphatic rings. The third kappa shape index (κ3) is 12.3. The van der Waals surface area contributed by atoms with Crippen molar-refractivity contribution in [3.63, 3.8) is 0 Å². The summed E-state index contributed by atoms with van der Waals surface area (Å²) in [6, 6.07) is 11.7. The minimum atomic E-state index is -4.98. The Kier molecular flexibility index (Phi) is 16.7. The Morgan fingerprint density at radius 3 is 1.15 bits per heavy atom. The van der Waals surface area contributed by atoms with Gasteiger partial charge in [-0.15, -0.1) is 23.5 Å². The Balaban J connectivity index is 1.49. The van der Waals surface area contributed by atoms with Crippen molar-refractivity contribution in [2.45, 2.75) is 22.1 Å². The van der Waals surface area contributed by atoms with E-state index in [1.165, 1.54) is 64.8 Å². The molecule has 24 heteroatoms. The SMILES string of the molecule is COc1ccc(C(=O)Nc2cc(C(F)(F)F)cc(NC(=O)c3cc(C(=O)Nc4cc(C(F)(F)F)cc(NC(=O)c5ccc(OC)c(OC)c5)c4SCCN)ncn3)c2SCCN)cc1OC. The first-order valence-corrected chi connectivity index (χ1v) is 21.0. The Hall–Kier alpha value is -6.76. The van der Waals surface area contributed by atoms with Crippen molar-refractivity contribution in [3.05, 3.63) is 107 Å². The Morgan fingerprint density at radius 1 is 0.515 bits per heavy atom. The van der Waals surface area contributed by atoms with Crippen LogP contribution in [0.2, 0.25) is 0 Å². The number of ether oxygens (including phenoxy) is 4. The van der Waals surface area contributed by atoms with Gasteiger partial charge in [-0.2, -0.15) is 26.3 Å². The zero-order valence-electron chi connectivity index (χ0n) is 35.2. The number of anilines is 4. The molecule has 4 amide bonds. The van der Waals surface area contributed by atoms with Gasteiger partial charge in [0.05, 0.1) is 72.1 Å². The normalized spacial score (nSPS) is 11.3. The molecule has 0 fully saturated rings. The number of nitrogens with two attached hydrogens (primary N) is 2. The maximum atomic E-state index is 14.3. The van der Waals surface area contributed by atoms with Crippen molar-refractivity contribution in [3.8, 4) is 23.0 Å². The molecule has 5 rings (SSSR count). The number of nitrogens with one attached hydrogen (secondary N) is 4. The van der Waals surface area contributed by atoms with Crippen molar-refractivity contribution < 1.29 is 64.5 Å². The molecule has 0 saturated heterocycles. The zero-order valence-corrected chi connectivity index (χ0v) is 36.8. The number of aromatic nitrogens is 2. The van der Waals surface area contributed by atoms with Gasteiger partial charge >= 0.3 is 12.4 Å². The summed E-state index contributed by atoms with van der Waals surface area (Å²) in [5.41, 5.74) is 6.24. The highest BCUT2D eigenvalue weighted by atomic mass is 32.2. The van der Waals surface area contributed by atoms with Crippen LogP contribution in [0.4, 0.5) is 49.1 Å². The number of carbonyl (C=O) groups excluding carboxylic acids is 4. The van der Waals surface area contributed by atoms with Crippen LogP contribution in [0.3, 0.4) is 0 Å². The quantitative estimate of drug-likeness (QED) is 0.0366. The molecule has 1 aromatic heterocycles. The van der Waals surface area contributed by atoms with E-state index in [0.29, 0.717) is 24.3 Å². The van der Waals surface area contributed by atoms with Gasteiger partial charge in [0.25, 0.3) is 23.6 Å². The standard InChI is InChI=1S/C42H40F6N8O8S2/c1-61-31-7-5-21(13-33(31)63-3)37(57)53-25-15-23(41(43,44)45)17-27(35(25)65-11-9-49)55-39(59)29-19-30(52-20-51-29)40(60)56-28-18-24(42(46,47)48)16-26(36(28)66-12-10-50)54-38(58)22-6-8-32(62-2)34(14-22)64-4/h5-8,13-20H,9-12,49-50H2,1-4H3,(H,53,57)(H,54,58)(H,55,59)(H,56,60). The smallest absolute Gasteiger partial charge is 0.416 e. The lowest BCUT2D eigenvalue weighted by Crippen LogP contribution is -2.21. The number of thioether (sulfide) groups is 2. The lowest BCUT2D eigenvalue weighted by Gasteiger charge is -2.20. The molecule has 66 heavy (non-hydrogen) atoms. The number of hydrogen-bond acceptors (Lipinski definition) is 14. The number of carbonyl (C=O) groups is 4. The number of benzene rings is 4. The molecule has 1 heterocycles. The molecule has 0 aliphatic heterocycles. The van der Waals surface area contributed by atoms with Gasteiger partial charge in [-0.1, -0.05) is 0 Å². The number of rotatable bonds is 18. The number of methoxy groups -OCH3 is 4. The van der Waals surface area contributed by atoms with E-state index >= 15 is 0 Å². The number of alkyl halides is 6. The van der Waals surface area contributed by atoms with Gasteiger partial charge in [0.1, 0.15) is 17.7 Å². The molecule has 16 nitrogen and oxygen atoms in total. The monoisotopic (exact) mass is 962 g/mol. The highest BCUT2D eigenvalue weighted by Crippen LogP contribution is 2.43. The molecule has 4 aromatic carbocycles. The number of amides is 4. The number of hydrogen-bond donors (Lipinski definition) is 6. The highest BCUT2D eigenvalue weighted by molar-refractivity contribution is 7.99. The van der Waals surface area contributed by atoms with Crippen LogP contribution >= 0.6 is 23.5 Å². The molecular weight excluding hydrogens is 923 g/mol. The molecule has 0 bridgehead atoms. The summed E-state index contributed by atoms with van der Waals surface area (Å²) in [5.74, 6) is -2.83. The van der Waals surface area contributed by atoms with Crippen molar-refractivity contribution >= 4 is 69.9 Å². The van der Waals surface area contributed by atoms with Crippen LogP contribution in [0.5, 0.6) is 23.0 Å². The van der Waals surface area contributed by atoms with Crippen LogP contribution in [-0.2, 0) is 12.4 Å². The first kappa shape index (κ1) is 50.2. The largest absolute Gasteiger partial charge is 0.493 e. The zero-order chi connectivity index (χ0) is 48.3. The molecule has 0 aliphatic carbocycles. The summed E-state index contributed by atoms with van der Waals surface area (Å²) in [6.07, 6.45) is -9.17. The fraction of sp³-hybridized carbons (Fsp3) is 0.238. The van der Waals surface area contributed by atoms with Gasteiger partial charge in [-0.3, -0.25) is 19.2 Å². The summed E-state index contributed by atoms with van der Waals surface area (Å²) >= 11 is 1.83. The topological polar surface area (TPSA) is 231 Å². The average molecular weight is 963 g/mol. The van der Waals surface area contributed by atoms with E-state index in [-0.39, 0.29) is 79.9 Å². The first-order valence-electron chi connectivity index (χ1n) is 19.0. The Labute approximate surface area is 380 Å².